The first-order valence-corrected chi connectivity index (χ1v) is 9.21. The number of nitrogens with zero attached hydrogens (tertiary/aromatic N) is 2. The van der Waals surface area contributed by atoms with Crippen molar-refractivity contribution in [3.05, 3.63) is 75.2 Å². The molecule has 0 saturated carbocycles. The second kappa shape index (κ2) is 8.35. The van der Waals surface area contributed by atoms with Gasteiger partial charge in [-0.25, -0.2) is 4.79 Å². The Kier molecular flexibility index (Phi) is 5.90. The lowest BCUT2D eigenvalue weighted by Gasteiger charge is -2.26. The minimum atomic E-state index is -0.621. The van der Waals surface area contributed by atoms with Crippen molar-refractivity contribution < 1.29 is 14.3 Å². The van der Waals surface area contributed by atoms with Crippen molar-refractivity contribution in [1.29, 1.82) is 0 Å². The number of esters is 1. The van der Waals surface area contributed by atoms with Crippen molar-refractivity contribution in [3.8, 4) is 0 Å². The summed E-state index contributed by atoms with van der Waals surface area (Å²) in [6, 6.07) is 11.7. The van der Waals surface area contributed by atoms with Crippen molar-refractivity contribution in [2.45, 2.75) is 19.9 Å². The van der Waals surface area contributed by atoms with Crippen LogP contribution in [0, 0.1) is 0 Å². The molecule has 2 aromatic rings. The largest absolute Gasteiger partial charge is 0.465 e. The van der Waals surface area contributed by atoms with E-state index in [1.165, 1.54) is 37.3 Å². The molecular weight excluding hydrogens is 356 g/mol. The third-order valence-corrected chi connectivity index (χ3v) is 5.04. The molecule has 3 rings (SSSR count). The third-order valence-electron chi connectivity index (χ3n) is 5.04. The van der Waals surface area contributed by atoms with Crippen LogP contribution in [0.4, 0.5) is 0 Å². The van der Waals surface area contributed by atoms with Crippen LogP contribution in [-0.4, -0.2) is 41.4 Å². The van der Waals surface area contributed by atoms with Crippen molar-refractivity contribution in [3.63, 3.8) is 0 Å². The highest BCUT2D eigenvalue weighted by atomic mass is 16.5. The van der Waals surface area contributed by atoms with Gasteiger partial charge in [-0.2, -0.15) is 0 Å². The fourth-order valence-electron chi connectivity index (χ4n) is 3.60. The van der Waals surface area contributed by atoms with Gasteiger partial charge >= 0.3 is 5.97 Å². The summed E-state index contributed by atoms with van der Waals surface area (Å²) in [4.78, 5) is 39.3. The molecule has 0 saturated heterocycles. The Morgan fingerprint density at radius 2 is 1.89 bits per heavy atom. The average Bonchev–Trinajstić information content (AvgIpc) is 2.70. The fraction of sp³-hybridized carbons (Fsp3) is 0.318. The number of hydrogen-bond acceptors (Lipinski definition) is 5. The SMILES string of the molecule is COC(=O)c1cc(C2=CCN(Cc3ccccc3)CC2)c(=O)n(C)c1C(C)=O. The summed E-state index contributed by atoms with van der Waals surface area (Å²) < 4.78 is 6.06. The number of aromatic nitrogens is 1. The Morgan fingerprint density at radius 1 is 1.18 bits per heavy atom. The van der Waals surface area contributed by atoms with Crippen LogP contribution in [0.5, 0.6) is 0 Å². The summed E-state index contributed by atoms with van der Waals surface area (Å²) in [7, 11) is 2.78. The van der Waals surface area contributed by atoms with Gasteiger partial charge in [0.05, 0.1) is 12.7 Å². The molecule has 6 nitrogen and oxygen atoms in total. The summed E-state index contributed by atoms with van der Waals surface area (Å²) in [5.74, 6) is -0.970. The zero-order chi connectivity index (χ0) is 20.3. The van der Waals surface area contributed by atoms with E-state index in [9.17, 15) is 14.4 Å². The Balaban J connectivity index is 1.91. The second-order valence-electron chi connectivity index (χ2n) is 6.93. The lowest BCUT2D eigenvalue weighted by Crippen LogP contribution is -2.32. The minimum Gasteiger partial charge on any atom is -0.465 e. The number of hydrogen-bond donors (Lipinski definition) is 0. The highest BCUT2D eigenvalue weighted by Crippen LogP contribution is 2.23. The predicted octanol–water partition coefficient (Wildman–Crippen LogP) is 2.66. The van der Waals surface area contributed by atoms with Gasteiger partial charge in [0.15, 0.2) is 5.78 Å². The first-order chi connectivity index (χ1) is 13.4. The van der Waals surface area contributed by atoms with Crippen molar-refractivity contribution >= 4 is 17.3 Å². The molecule has 6 heteroatoms. The molecule has 0 N–H and O–H groups in total. The van der Waals surface area contributed by atoms with Gasteiger partial charge in [0, 0.05) is 39.2 Å². The number of ketones is 1. The molecule has 0 atom stereocenters. The van der Waals surface area contributed by atoms with Crippen LogP contribution in [0.1, 0.15) is 45.3 Å². The van der Waals surface area contributed by atoms with Crippen LogP contribution < -0.4 is 5.56 Å². The summed E-state index contributed by atoms with van der Waals surface area (Å²) >= 11 is 0. The molecule has 1 aliphatic rings. The molecule has 0 amide bonds. The second-order valence-corrected chi connectivity index (χ2v) is 6.93. The van der Waals surface area contributed by atoms with Gasteiger partial charge in [-0.3, -0.25) is 14.5 Å². The standard InChI is InChI=1S/C22H24N2O4/c1-15(25)20-19(22(27)28-3)13-18(21(26)23(20)2)17-9-11-24(12-10-17)14-16-7-5-4-6-8-16/h4-9,13H,10-12,14H2,1-3H3. The van der Waals surface area contributed by atoms with Crippen LogP contribution in [0.2, 0.25) is 0 Å². The quantitative estimate of drug-likeness (QED) is 0.589. The van der Waals surface area contributed by atoms with Crippen LogP contribution in [0.25, 0.3) is 5.57 Å². The number of benzene rings is 1. The topological polar surface area (TPSA) is 68.6 Å². The van der Waals surface area contributed by atoms with Crippen molar-refractivity contribution in [2.24, 2.45) is 7.05 Å². The van der Waals surface area contributed by atoms with E-state index in [2.05, 4.69) is 17.0 Å². The molecule has 0 fully saturated rings. The minimum absolute atomic E-state index is 0.0720. The summed E-state index contributed by atoms with van der Waals surface area (Å²) in [6.45, 7) is 3.71. The van der Waals surface area contributed by atoms with Gasteiger partial charge in [0.1, 0.15) is 5.69 Å². The molecule has 2 heterocycles. The van der Waals surface area contributed by atoms with E-state index < -0.39 is 5.97 Å². The van der Waals surface area contributed by atoms with Gasteiger partial charge in [0.2, 0.25) is 0 Å². The number of methoxy groups -OCH3 is 1. The number of ether oxygens (including phenoxy) is 1. The van der Waals surface area contributed by atoms with E-state index in [-0.39, 0.29) is 22.6 Å². The van der Waals surface area contributed by atoms with Crippen LogP contribution in [0.15, 0.2) is 47.3 Å². The van der Waals surface area contributed by atoms with Gasteiger partial charge in [-0.1, -0.05) is 36.4 Å². The first kappa shape index (κ1) is 19.8. The molecule has 0 radical (unpaired) electrons. The Hall–Kier alpha value is -2.99. The van der Waals surface area contributed by atoms with Gasteiger partial charge < -0.3 is 9.30 Å². The summed E-state index contributed by atoms with van der Waals surface area (Å²) in [5.41, 5.74) is 2.51. The Morgan fingerprint density at radius 3 is 2.46 bits per heavy atom. The zero-order valence-corrected chi connectivity index (χ0v) is 16.4. The smallest absolute Gasteiger partial charge is 0.340 e. The fourth-order valence-corrected chi connectivity index (χ4v) is 3.60. The van der Waals surface area contributed by atoms with E-state index in [4.69, 9.17) is 4.74 Å². The molecule has 0 spiro atoms. The van der Waals surface area contributed by atoms with E-state index in [0.29, 0.717) is 12.0 Å². The molecule has 1 aromatic heterocycles. The summed E-state index contributed by atoms with van der Waals surface area (Å²) in [6.07, 6.45) is 2.72. The molecule has 0 bridgehead atoms. The molecular formula is C22H24N2O4. The van der Waals surface area contributed by atoms with E-state index in [1.807, 2.05) is 24.3 Å². The number of Topliss-reactive ketones (excluding diaryl/α,β-unsaturated/α-hetero) is 1. The normalized spacial score (nSPS) is 14.5. The molecule has 0 unspecified atom stereocenters. The van der Waals surface area contributed by atoms with E-state index in [0.717, 1.165) is 25.2 Å². The predicted molar refractivity (Wildman–Crippen MR) is 107 cm³/mol. The first-order valence-electron chi connectivity index (χ1n) is 9.21. The molecule has 0 aliphatic carbocycles. The monoisotopic (exact) mass is 380 g/mol. The van der Waals surface area contributed by atoms with E-state index in [1.54, 1.807) is 0 Å². The Labute approximate surface area is 164 Å². The maximum absolute atomic E-state index is 12.8. The number of carbonyl (C=O) groups is 2. The summed E-state index contributed by atoms with van der Waals surface area (Å²) in [5, 5.41) is 0. The molecule has 28 heavy (non-hydrogen) atoms. The van der Waals surface area contributed by atoms with Crippen LogP contribution in [0.3, 0.4) is 0 Å². The molecule has 146 valence electrons. The van der Waals surface area contributed by atoms with Crippen LogP contribution >= 0.6 is 0 Å². The van der Waals surface area contributed by atoms with Gasteiger partial charge in [-0.15, -0.1) is 0 Å². The maximum atomic E-state index is 12.8. The van der Waals surface area contributed by atoms with Crippen molar-refractivity contribution in [2.75, 3.05) is 20.2 Å². The molecule has 1 aliphatic heterocycles. The third kappa shape index (κ3) is 3.97. The number of rotatable bonds is 5. The number of pyridine rings is 1. The van der Waals surface area contributed by atoms with Crippen LogP contribution in [-0.2, 0) is 18.3 Å². The Bertz CT molecular complexity index is 990. The average molecular weight is 380 g/mol. The van der Waals surface area contributed by atoms with Crippen molar-refractivity contribution in [1.82, 2.24) is 9.47 Å². The van der Waals surface area contributed by atoms with Gasteiger partial charge in [0.25, 0.3) is 5.56 Å². The van der Waals surface area contributed by atoms with E-state index >= 15 is 0 Å². The lowest BCUT2D eigenvalue weighted by atomic mass is 9.97. The number of carbonyl (C=O) groups excluding carboxylic acids is 2. The zero-order valence-electron chi connectivity index (χ0n) is 16.4. The highest BCUT2D eigenvalue weighted by Gasteiger charge is 2.24. The molecule has 1 aromatic carbocycles. The lowest BCUT2D eigenvalue weighted by molar-refractivity contribution is 0.0595. The maximum Gasteiger partial charge on any atom is 0.340 e. The highest BCUT2D eigenvalue weighted by molar-refractivity contribution is 6.04. The van der Waals surface area contributed by atoms with Gasteiger partial charge in [-0.05, 0) is 23.6 Å².